The highest BCUT2D eigenvalue weighted by Crippen LogP contribution is 2.29. The van der Waals surface area contributed by atoms with Crippen LogP contribution in [0, 0.1) is 19.8 Å². The molecule has 0 aliphatic carbocycles. The highest BCUT2D eigenvalue weighted by atomic mass is 16.5. The Morgan fingerprint density at radius 1 is 1.03 bits per heavy atom. The molecule has 8 nitrogen and oxygen atoms in total. The minimum Gasteiger partial charge on any atom is -0.493 e. The second-order valence-electron chi connectivity index (χ2n) is 7.74. The third-order valence-corrected chi connectivity index (χ3v) is 4.88. The molecule has 2 rings (SSSR count). The molecule has 0 radical (unpaired) electrons. The lowest BCUT2D eigenvalue weighted by Gasteiger charge is -2.13. The molecule has 0 saturated carbocycles. The summed E-state index contributed by atoms with van der Waals surface area (Å²) in [5.41, 5.74) is 1.75. The molecule has 0 unspecified atom stereocenters. The van der Waals surface area contributed by atoms with Crippen molar-refractivity contribution in [1.29, 1.82) is 0 Å². The molecule has 1 N–H and O–H groups in total. The first-order valence-electron chi connectivity index (χ1n) is 10.6. The summed E-state index contributed by atoms with van der Waals surface area (Å²) in [7, 11) is 1.49. The van der Waals surface area contributed by atoms with Crippen molar-refractivity contribution in [2.75, 3.05) is 26.9 Å². The summed E-state index contributed by atoms with van der Waals surface area (Å²) in [5.74, 6) is -0.174. The molecule has 174 valence electrons. The molecular weight excluding hydrogens is 414 g/mol. The number of nitrogens with one attached hydrogen (secondary N) is 1. The SMILES string of the molecule is CCOC(=O)c1c(C)[nH]c(C(=O)COC(=O)c2ccc(OCCC(C)C)c(OC)c2)c1C. The zero-order valence-electron chi connectivity index (χ0n) is 19.5. The fourth-order valence-electron chi connectivity index (χ4n) is 3.14. The van der Waals surface area contributed by atoms with Crippen molar-refractivity contribution in [2.45, 2.75) is 41.0 Å². The second kappa shape index (κ2) is 11.4. The van der Waals surface area contributed by atoms with Gasteiger partial charge in [-0.3, -0.25) is 4.79 Å². The van der Waals surface area contributed by atoms with Gasteiger partial charge < -0.3 is 23.9 Å². The molecule has 0 spiro atoms. The zero-order chi connectivity index (χ0) is 23.8. The molecule has 1 aromatic carbocycles. The Labute approximate surface area is 188 Å². The smallest absolute Gasteiger partial charge is 0.340 e. The third-order valence-electron chi connectivity index (χ3n) is 4.88. The van der Waals surface area contributed by atoms with Crippen molar-refractivity contribution < 1.29 is 33.3 Å². The number of carbonyl (C=O) groups is 3. The van der Waals surface area contributed by atoms with E-state index in [2.05, 4.69) is 18.8 Å². The van der Waals surface area contributed by atoms with Crippen LogP contribution in [0.5, 0.6) is 11.5 Å². The number of H-pyrrole nitrogens is 1. The fourth-order valence-corrected chi connectivity index (χ4v) is 3.14. The standard InChI is InChI=1S/C24H31NO7/c1-7-30-24(28)21-15(4)22(25-16(21)5)18(26)13-32-23(27)17-8-9-19(20(12-17)29-6)31-11-10-14(2)3/h8-9,12,14,25H,7,10-11,13H2,1-6H3. The predicted molar refractivity (Wildman–Crippen MR) is 119 cm³/mol. The third kappa shape index (κ3) is 6.12. The number of ether oxygens (including phenoxy) is 4. The number of aromatic nitrogens is 1. The quantitative estimate of drug-likeness (QED) is 0.407. The van der Waals surface area contributed by atoms with Gasteiger partial charge in [-0.1, -0.05) is 13.8 Å². The predicted octanol–water partition coefficient (Wildman–Crippen LogP) is 4.28. The molecule has 0 aliphatic heterocycles. The summed E-state index contributed by atoms with van der Waals surface area (Å²) < 4.78 is 21.2. The van der Waals surface area contributed by atoms with E-state index in [4.69, 9.17) is 18.9 Å². The second-order valence-corrected chi connectivity index (χ2v) is 7.74. The first kappa shape index (κ1) is 25.0. The van der Waals surface area contributed by atoms with Crippen LogP contribution in [0.2, 0.25) is 0 Å². The lowest BCUT2D eigenvalue weighted by molar-refractivity contribution is 0.0472. The number of benzene rings is 1. The van der Waals surface area contributed by atoms with Gasteiger partial charge in [0.25, 0.3) is 0 Å². The number of rotatable bonds is 11. The van der Waals surface area contributed by atoms with Gasteiger partial charge in [0.05, 0.1) is 37.1 Å². The van der Waals surface area contributed by atoms with E-state index in [1.165, 1.54) is 13.2 Å². The molecule has 0 aliphatic rings. The van der Waals surface area contributed by atoms with Crippen molar-refractivity contribution in [3.8, 4) is 11.5 Å². The number of hydrogen-bond donors (Lipinski definition) is 1. The lowest BCUT2D eigenvalue weighted by Crippen LogP contribution is -2.16. The van der Waals surface area contributed by atoms with Gasteiger partial charge in [0.2, 0.25) is 5.78 Å². The number of methoxy groups -OCH3 is 1. The summed E-state index contributed by atoms with van der Waals surface area (Å²) >= 11 is 0. The molecular formula is C24H31NO7. The van der Waals surface area contributed by atoms with E-state index in [0.29, 0.717) is 40.8 Å². The van der Waals surface area contributed by atoms with Gasteiger partial charge in [-0.25, -0.2) is 9.59 Å². The molecule has 2 aromatic rings. The number of esters is 2. The Hall–Kier alpha value is -3.29. The Bertz CT molecular complexity index is 975. The van der Waals surface area contributed by atoms with Gasteiger partial charge in [0, 0.05) is 5.69 Å². The van der Waals surface area contributed by atoms with Gasteiger partial charge in [-0.05, 0) is 56.9 Å². The maximum atomic E-state index is 12.6. The van der Waals surface area contributed by atoms with E-state index in [9.17, 15) is 14.4 Å². The average Bonchev–Trinajstić information content (AvgIpc) is 3.05. The van der Waals surface area contributed by atoms with Crippen molar-refractivity contribution >= 4 is 17.7 Å². The molecule has 8 heteroatoms. The summed E-state index contributed by atoms with van der Waals surface area (Å²) in [6.45, 7) is 9.54. The Balaban J connectivity index is 2.05. The molecule has 0 amide bonds. The largest absolute Gasteiger partial charge is 0.493 e. The zero-order valence-corrected chi connectivity index (χ0v) is 19.5. The Morgan fingerprint density at radius 2 is 1.75 bits per heavy atom. The number of hydrogen-bond acceptors (Lipinski definition) is 7. The normalized spacial score (nSPS) is 10.7. The maximum Gasteiger partial charge on any atom is 0.340 e. The highest BCUT2D eigenvalue weighted by Gasteiger charge is 2.24. The van der Waals surface area contributed by atoms with Crippen molar-refractivity contribution in [2.24, 2.45) is 5.92 Å². The van der Waals surface area contributed by atoms with Crippen LogP contribution in [0.3, 0.4) is 0 Å². The van der Waals surface area contributed by atoms with Crippen LogP contribution in [0.15, 0.2) is 18.2 Å². The van der Waals surface area contributed by atoms with E-state index in [1.807, 2.05) is 0 Å². The number of carbonyl (C=O) groups excluding carboxylic acids is 3. The van der Waals surface area contributed by atoms with Crippen LogP contribution in [0.25, 0.3) is 0 Å². The topological polar surface area (TPSA) is 104 Å². The minimum absolute atomic E-state index is 0.213. The molecule has 1 heterocycles. The molecule has 0 saturated heterocycles. The van der Waals surface area contributed by atoms with Gasteiger partial charge in [-0.2, -0.15) is 0 Å². The molecule has 1 aromatic heterocycles. The fraction of sp³-hybridized carbons (Fsp3) is 0.458. The van der Waals surface area contributed by atoms with Crippen LogP contribution in [-0.4, -0.2) is 49.6 Å². The van der Waals surface area contributed by atoms with E-state index in [0.717, 1.165) is 6.42 Å². The molecule has 0 atom stereocenters. The van der Waals surface area contributed by atoms with Crippen molar-refractivity contribution in [3.63, 3.8) is 0 Å². The number of aryl methyl sites for hydroxylation is 1. The van der Waals surface area contributed by atoms with E-state index in [-0.39, 0.29) is 17.9 Å². The van der Waals surface area contributed by atoms with Gasteiger partial charge in [0.1, 0.15) is 0 Å². The van der Waals surface area contributed by atoms with Gasteiger partial charge in [0.15, 0.2) is 18.1 Å². The summed E-state index contributed by atoms with van der Waals surface area (Å²) in [5, 5.41) is 0. The number of ketones is 1. The van der Waals surface area contributed by atoms with Crippen molar-refractivity contribution in [3.05, 3.63) is 46.3 Å². The van der Waals surface area contributed by atoms with E-state index >= 15 is 0 Å². The summed E-state index contributed by atoms with van der Waals surface area (Å²) in [6, 6.07) is 4.71. The number of Topliss-reactive ketones (excluding diaryl/α,β-unsaturated/α-hetero) is 1. The summed E-state index contributed by atoms with van der Waals surface area (Å²) in [6.07, 6.45) is 0.893. The summed E-state index contributed by atoms with van der Waals surface area (Å²) in [4.78, 5) is 40.0. The molecule has 32 heavy (non-hydrogen) atoms. The van der Waals surface area contributed by atoms with E-state index < -0.39 is 24.3 Å². The van der Waals surface area contributed by atoms with Crippen LogP contribution in [0.1, 0.15) is 69.7 Å². The monoisotopic (exact) mass is 445 g/mol. The minimum atomic E-state index is -0.670. The van der Waals surface area contributed by atoms with Crippen LogP contribution in [0.4, 0.5) is 0 Å². The van der Waals surface area contributed by atoms with E-state index in [1.54, 1.807) is 32.9 Å². The van der Waals surface area contributed by atoms with Crippen LogP contribution in [-0.2, 0) is 9.47 Å². The Morgan fingerprint density at radius 3 is 2.38 bits per heavy atom. The number of aromatic amines is 1. The highest BCUT2D eigenvalue weighted by molar-refractivity contribution is 6.03. The van der Waals surface area contributed by atoms with Crippen LogP contribution < -0.4 is 9.47 Å². The molecule has 0 fully saturated rings. The first-order chi connectivity index (χ1) is 15.2. The van der Waals surface area contributed by atoms with Gasteiger partial charge >= 0.3 is 11.9 Å². The lowest BCUT2D eigenvalue weighted by atomic mass is 10.1. The molecule has 0 bridgehead atoms. The average molecular weight is 446 g/mol. The van der Waals surface area contributed by atoms with Crippen LogP contribution >= 0.6 is 0 Å². The maximum absolute atomic E-state index is 12.6. The van der Waals surface area contributed by atoms with Crippen molar-refractivity contribution in [1.82, 2.24) is 4.98 Å². The van der Waals surface area contributed by atoms with Gasteiger partial charge in [-0.15, -0.1) is 0 Å². The Kier molecular flexibility index (Phi) is 8.87. The first-order valence-corrected chi connectivity index (χ1v) is 10.6.